The summed E-state index contributed by atoms with van der Waals surface area (Å²) in [6.45, 7) is 3.45. The van der Waals surface area contributed by atoms with Crippen molar-refractivity contribution in [1.82, 2.24) is 15.2 Å². The van der Waals surface area contributed by atoms with Crippen molar-refractivity contribution in [3.8, 4) is 0 Å². The third kappa shape index (κ3) is 4.72. The van der Waals surface area contributed by atoms with Gasteiger partial charge in [0.05, 0.1) is 25.7 Å². The molecule has 1 aliphatic heterocycles. The minimum Gasteiger partial charge on any atom is -0.439 e. The second kappa shape index (κ2) is 8.33. The Morgan fingerprint density at radius 2 is 1.96 bits per heavy atom. The summed E-state index contributed by atoms with van der Waals surface area (Å²) in [6.07, 6.45) is 0.247. The van der Waals surface area contributed by atoms with Crippen LogP contribution in [0.2, 0.25) is 0 Å². The molecule has 2 aromatic carbocycles. The van der Waals surface area contributed by atoms with Crippen molar-refractivity contribution >= 4 is 17.0 Å². The largest absolute Gasteiger partial charge is 0.439 e. The SMILES string of the molecule is O=C(CC1CN(Cc2ccccc2)CCO1)NCc1nc2ccccc2o1. The number of fused-ring (bicyclic) bond motifs is 1. The van der Waals surface area contributed by atoms with Crippen molar-refractivity contribution in [2.24, 2.45) is 0 Å². The van der Waals surface area contributed by atoms with Gasteiger partial charge in [0, 0.05) is 19.6 Å². The van der Waals surface area contributed by atoms with E-state index in [0.717, 1.165) is 30.7 Å². The molecule has 4 rings (SSSR count). The number of nitrogens with zero attached hydrogens (tertiary/aromatic N) is 2. The molecule has 1 amide bonds. The maximum atomic E-state index is 12.3. The van der Waals surface area contributed by atoms with Gasteiger partial charge < -0.3 is 14.5 Å². The van der Waals surface area contributed by atoms with Crippen LogP contribution in [0.15, 0.2) is 59.0 Å². The van der Waals surface area contributed by atoms with E-state index in [1.165, 1.54) is 5.56 Å². The van der Waals surface area contributed by atoms with Gasteiger partial charge in [-0.25, -0.2) is 4.98 Å². The van der Waals surface area contributed by atoms with Crippen LogP contribution in [0, 0.1) is 0 Å². The van der Waals surface area contributed by atoms with Crippen molar-refractivity contribution in [1.29, 1.82) is 0 Å². The van der Waals surface area contributed by atoms with Crippen LogP contribution in [-0.4, -0.2) is 41.6 Å². The lowest BCUT2D eigenvalue weighted by Crippen LogP contribution is -2.44. The van der Waals surface area contributed by atoms with Crippen LogP contribution >= 0.6 is 0 Å². The van der Waals surface area contributed by atoms with Crippen LogP contribution in [0.1, 0.15) is 17.9 Å². The Bertz CT molecular complexity index is 861. The fourth-order valence-corrected chi connectivity index (χ4v) is 3.34. The Balaban J connectivity index is 1.26. The smallest absolute Gasteiger partial charge is 0.223 e. The molecule has 3 aromatic rings. The Morgan fingerprint density at radius 1 is 1.15 bits per heavy atom. The van der Waals surface area contributed by atoms with Gasteiger partial charge in [-0.1, -0.05) is 42.5 Å². The Morgan fingerprint density at radius 3 is 2.81 bits per heavy atom. The normalized spacial score (nSPS) is 17.9. The number of oxazole rings is 1. The van der Waals surface area contributed by atoms with Gasteiger partial charge in [-0.15, -0.1) is 0 Å². The molecule has 1 N–H and O–H groups in total. The summed E-state index contributed by atoms with van der Waals surface area (Å²) in [5.41, 5.74) is 2.81. The maximum Gasteiger partial charge on any atom is 0.223 e. The average molecular weight is 365 g/mol. The number of ether oxygens (including phenoxy) is 1. The van der Waals surface area contributed by atoms with Crippen LogP contribution in [-0.2, 0) is 22.6 Å². The van der Waals surface area contributed by atoms with Gasteiger partial charge >= 0.3 is 0 Å². The molecule has 0 bridgehead atoms. The number of aromatic nitrogens is 1. The van der Waals surface area contributed by atoms with Crippen LogP contribution in [0.3, 0.4) is 0 Å². The molecule has 1 aliphatic rings. The molecule has 140 valence electrons. The number of amides is 1. The van der Waals surface area contributed by atoms with E-state index in [1.54, 1.807) is 0 Å². The number of morpholine rings is 1. The Labute approximate surface area is 158 Å². The molecule has 1 saturated heterocycles. The molecular weight excluding hydrogens is 342 g/mol. The molecular formula is C21H23N3O3. The molecule has 27 heavy (non-hydrogen) atoms. The predicted molar refractivity (Wildman–Crippen MR) is 102 cm³/mol. The topological polar surface area (TPSA) is 67.6 Å². The summed E-state index contributed by atoms with van der Waals surface area (Å²) in [7, 11) is 0. The third-order valence-electron chi connectivity index (χ3n) is 4.66. The van der Waals surface area contributed by atoms with Crippen molar-refractivity contribution in [2.45, 2.75) is 25.6 Å². The summed E-state index contributed by atoms with van der Waals surface area (Å²) < 4.78 is 11.4. The standard InChI is InChI=1S/C21H23N3O3/c25-20(22-13-21-23-18-8-4-5-9-19(18)27-21)12-17-15-24(10-11-26-17)14-16-6-2-1-3-7-16/h1-9,17H,10-15H2,(H,22,25). The number of benzene rings is 2. The minimum absolute atomic E-state index is 0.0520. The number of para-hydroxylation sites is 2. The average Bonchev–Trinajstić information content (AvgIpc) is 3.11. The van der Waals surface area contributed by atoms with Gasteiger partial charge in [0.25, 0.3) is 0 Å². The van der Waals surface area contributed by atoms with Gasteiger partial charge in [0.15, 0.2) is 5.58 Å². The lowest BCUT2D eigenvalue weighted by Gasteiger charge is -2.32. The van der Waals surface area contributed by atoms with E-state index < -0.39 is 0 Å². The summed E-state index contributed by atoms with van der Waals surface area (Å²) >= 11 is 0. The predicted octanol–water partition coefficient (Wildman–Crippen LogP) is 2.74. The lowest BCUT2D eigenvalue weighted by atomic mass is 10.1. The first-order valence-electron chi connectivity index (χ1n) is 9.25. The number of nitrogens with one attached hydrogen (secondary N) is 1. The van der Waals surface area contributed by atoms with Gasteiger partial charge in [-0.2, -0.15) is 0 Å². The summed E-state index contributed by atoms with van der Waals surface area (Å²) in [5, 5.41) is 2.88. The van der Waals surface area contributed by atoms with E-state index in [1.807, 2.05) is 42.5 Å². The monoisotopic (exact) mass is 365 g/mol. The summed E-state index contributed by atoms with van der Waals surface area (Å²) in [4.78, 5) is 19.0. The molecule has 0 radical (unpaired) electrons. The summed E-state index contributed by atoms with van der Waals surface area (Å²) in [6, 6.07) is 17.9. The molecule has 0 spiro atoms. The number of hydrogen-bond donors (Lipinski definition) is 1. The molecule has 1 fully saturated rings. The quantitative estimate of drug-likeness (QED) is 0.727. The van der Waals surface area contributed by atoms with Crippen LogP contribution in [0.5, 0.6) is 0 Å². The first-order chi connectivity index (χ1) is 13.3. The van der Waals surface area contributed by atoms with E-state index in [0.29, 0.717) is 18.9 Å². The molecule has 2 heterocycles. The zero-order valence-electron chi connectivity index (χ0n) is 15.1. The minimum atomic E-state index is -0.0916. The molecule has 0 aliphatic carbocycles. The first kappa shape index (κ1) is 17.7. The number of rotatable bonds is 6. The second-order valence-electron chi connectivity index (χ2n) is 6.77. The molecule has 1 unspecified atom stereocenters. The number of carbonyl (C=O) groups is 1. The second-order valence-corrected chi connectivity index (χ2v) is 6.77. The van der Waals surface area contributed by atoms with Crippen molar-refractivity contribution < 1.29 is 13.9 Å². The van der Waals surface area contributed by atoms with Gasteiger partial charge in [-0.3, -0.25) is 9.69 Å². The van der Waals surface area contributed by atoms with Gasteiger partial charge in [0.1, 0.15) is 5.52 Å². The van der Waals surface area contributed by atoms with E-state index in [2.05, 4.69) is 27.3 Å². The summed E-state index contributed by atoms with van der Waals surface area (Å²) in [5.74, 6) is 0.462. The van der Waals surface area contributed by atoms with E-state index in [-0.39, 0.29) is 18.6 Å². The Kier molecular flexibility index (Phi) is 5.46. The molecule has 1 atom stereocenters. The molecule has 0 saturated carbocycles. The number of hydrogen-bond acceptors (Lipinski definition) is 5. The number of carbonyl (C=O) groups excluding carboxylic acids is 1. The van der Waals surface area contributed by atoms with Crippen LogP contribution in [0.25, 0.3) is 11.1 Å². The highest BCUT2D eigenvalue weighted by Gasteiger charge is 2.23. The van der Waals surface area contributed by atoms with E-state index >= 15 is 0 Å². The third-order valence-corrected chi connectivity index (χ3v) is 4.66. The van der Waals surface area contributed by atoms with Crippen molar-refractivity contribution in [2.75, 3.05) is 19.7 Å². The van der Waals surface area contributed by atoms with Crippen molar-refractivity contribution in [3.05, 3.63) is 66.1 Å². The van der Waals surface area contributed by atoms with Gasteiger partial charge in [-0.05, 0) is 17.7 Å². The highest BCUT2D eigenvalue weighted by atomic mass is 16.5. The van der Waals surface area contributed by atoms with Crippen LogP contribution in [0.4, 0.5) is 0 Å². The molecule has 6 heteroatoms. The van der Waals surface area contributed by atoms with E-state index in [4.69, 9.17) is 9.15 Å². The first-order valence-corrected chi connectivity index (χ1v) is 9.25. The zero-order chi connectivity index (χ0) is 18.5. The lowest BCUT2D eigenvalue weighted by molar-refractivity contribution is -0.126. The molecule has 1 aromatic heterocycles. The molecule has 6 nitrogen and oxygen atoms in total. The highest BCUT2D eigenvalue weighted by molar-refractivity contribution is 5.76. The fraction of sp³-hybridized carbons (Fsp3) is 0.333. The maximum absolute atomic E-state index is 12.3. The van der Waals surface area contributed by atoms with E-state index in [9.17, 15) is 4.79 Å². The van der Waals surface area contributed by atoms with Gasteiger partial charge in [0.2, 0.25) is 11.8 Å². The fourth-order valence-electron chi connectivity index (χ4n) is 3.34. The zero-order valence-corrected chi connectivity index (χ0v) is 15.1. The Hall–Kier alpha value is -2.70. The van der Waals surface area contributed by atoms with Crippen molar-refractivity contribution in [3.63, 3.8) is 0 Å². The van der Waals surface area contributed by atoms with Crippen LogP contribution < -0.4 is 5.32 Å². The highest BCUT2D eigenvalue weighted by Crippen LogP contribution is 2.15.